The normalized spacial score (nSPS) is 10.7. The van der Waals surface area contributed by atoms with E-state index in [1.165, 1.54) is 12.1 Å². The predicted molar refractivity (Wildman–Crippen MR) is 100 cm³/mol. The molecular formula is C16H18N4O3S2. The van der Waals surface area contributed by atoms with Gasteiger partial charge in [0.2, 0.25) is 15.9 Å². The number of para-hydroxylation sites is 1. The van der Waals surface area contributed by atoms with Crippen LogP contribution in [0.4, 0.5) is 5.69 Å². The van der Waals surface area contributed by atoms with Crippen molar-refractivity contribution in [3.05, 3.63) is 60.7 Å². The van der Waals surface area contributed by atoms with E-state index in [1.807, 2.05) is 30.3 Å². The van der Waals surface area contributed by atoms with E-state index in [9.17, 15) is 13.2 Å². The summed E-state index contributed by atoms with van der Waals surface area (Å²) in [5.74, 6) is -0.395. The van der Waals surface area contributed by atoms with Crippen LogP contribution in [0.15, 0.2) is 65.6 Å². The third-order valence-corrected chi connectivity index (χ3v) is 4.73. The SMILES string of the molecule is O=C(CCNS(=O)(=O)c1ccccc1)NNC(=S)Nc1ccccc1. The van der Waals surface area contributed by atoms with Gasteiger partial charge in [-0.3, -0.25) is 15.6 Å². The van der Waals surface area contributed by atoms with Gasteiger partial charge in [-0.15, -0.1) is 0 Å². The van der Waals surface area contributed by atoms with Gasteiger partial charge < -0.3 is 5.32 Å². The Morgan fingerprint density at radius 3 is 2.16 bits per heavy atom. The third-order valence-electron chi connectivity index (χ3n) is 3.04. The number of hydrogen-bond acceptors (Lipinski definition) is 4. The van der Waals surface area contributed by atoms with Crippen LogP contribution in [-0.2, 0) is 14.8 Å². The minimum Gasteiger partial charge on any atom is -0.331 e. The monoisotopic (exact) mass is 378 g/mol. The number of hydrazine groups is 1. The highest BCUT2D eigenvalue weighted by Crippen LogP contribution is 2.06. The number of hydrogen-bond donors (Lipinski definition) is 4. The van der Waals surface area contributed by atoms with E-state index in [1.54, 1.807) is 18.2 Å². The zero-order valence-electron chi connectivity index (χ0n) is 13.2. The fraction of sp³-hybridized carbons (Fsp3) is 0.125. The fourth-order valence-electron chi connectivity index (χ4n) is 1.85. The Balaban J connectivity index is 1.70. The molecule has 2 aromatic rings. The molecule has 0 aliphatic carbocycles. The van der Waals surface area contributed by atoms with Gasteiger partial charge in [0.05, 0.1) is 4.90 Å². The summed E-state index contributed by atoms with van der Waals surface area (Å²) in [7, 11) is -3.62. The van der Waals surface area contributed by atoms with E-state index in [0.29, 0.717) is 0 Å². The number of amides is 1. The van der Waals surface area contributed by atoms with E-state index in [-0.39, 0.29) is 23.0 Å². The summed E-state index contributed by atoms with van der Waals surface area (Å²) < 4.78 is 26.4. The van der Waals surface area contributed by atoms with Crippen LogP contribution < -0.4 is 20.9 Å². The molecule has 7 nitrogen and oxygen atoms in total. The molecular weight excluding hydrogens is 360 g/mol. The van der Waals surface area contributed by atoms with Crippen LogP contribution in [0.25, 0.3) is 0 Å². The van der Waals surface area contributed by atoms with E-state index < -0.39 is 15.9 Å². The van der Waals surface area contributed by atoms with Crippen LogP contribution in [0.1, 0.15) is 6.42 Å². The predicted octanol–water partition coefficient (Wildman–Crippen LogP) is 1.37. The van der Waals surface area contributed by atoms with Gasteiger partial charge in [0, 0.05) is 18.7 Å². The van der Waals surface area contributed by atoms with Crippen molar-refractivity contribution < 1.29 is 13.2 Å². The maximum absolute atomic E-state index is 12.0. The van der Waals surface area contributed by atoms with Gasteiger partial charge in [-0.05, 0) is 36.5 Å². The van der Waals surface area contributed by atoms with Crippen molar-refractivity contribution in [3.8, 4) is 0 Å². The first-order valence-corrected chi connectivity index (χ1v) is 9.32. The molecule has 1 amide bonds. The average molecular weight is 378 g/mol. The molecule has 25 heavy (non-hydrogen) atoms. The molecule has 0 bridgehead atoms. The maximum Gasteiger partial charge on any atom is 0.240 e. The summed E-state index contributed by atoms with van der Waals surface area (Å²) in [6.07, 6.45) is -0.0347. The van der Waals surface area contributed by atoms with E-state index >= 15 is 0 Å². The van der Waals surface area contributed by atoms with Gasteiger partial charge in [0.15, 0.2) is 5.11 Å². The van der Waals surface area contributed by atoms with Gasteiger partial charge in [0.1, 0.15) is 0 Å². The highest BCUT2D eigenvalue weighted by Gasteiger charge is 2.13. The number of rotatable bonds is 6. The molecule has 0 heterocycles. The second kappa shape index (κ2) is 9.11. The minimum absolute atomic E-state index is 0.0242. The molecule has 0 atom stereocenters. The number of sulfonamides is 1. The van der Waals surface area contributed by atoms with Crippen LogP contribution in [0, 0.1) is 0 Å². The Bertz CT molecular complexity index is 812. The summed E-state index contributed by atoms with van der Waals surface area (Å²) in [4.78, 5) is 11.9. The van der Waals surface area contributed by atoms with Crippen LogP contribution in [-0.4, -0.2) is 26.0 Å². The Morgan fingerprint density at radius 2 is 1.52 bits per heavy atom. The maximum atomic E-state index is 12.0. The molecule has 2 aromatic carbocycles. The lowest BCUT2D eigenvalue weighted by Crippen LogP contribution is -2.44. The Labute approximate surface area is 151 Å². The molecule has 0 saturated carbocycles. The number of carbonyl (C=O) groups is 1. The molecule has 2 rings (SSSR count). The van der Waals surface area contributed by atoms with E-state index in [2.05, 4.69) is 20.9 Å². The summed E-state index contributed by atoms with van der Waals surface area (Å²) in [5.41, 5.74) is 5.74. The average Bonchev–Trinajstić information content (AvgIpc) is 2.61. The highest BCUT2D eigenvalue weighted by atomic mass is 32.2. The topological polar surface area (TPSA) is 99.3 Å². The van der Waals surface area contributed by atoms with Crippen molar-refractivity contribution in [2.75, 3.05) is 11.9 Å². The Morgan fingerprint density at radius 1 is 0.920 bits per heavy atom. The second-order valence-electron chi connectivity index (χ2n) is 4.95. The van der Waals surface area contributed by atoms with Crippen molar-refractivity contribution in [3.63, 3.8) is 0 Å². The number of thiocarbonyl (C=S) groups is 1. The Kier molecular flexibility index (Phi) is 6.87. The first-order valence-electron chi connectivity index (χ1n) is 7.43. The zero-order valence-corrected chi connectivity index (χ0v) is 14.9. The van der Waals surface area contributed by atoms with Crippen molar-refractivity contribution in [1.82, 2.24) is 15.6 Å². The van der Waals surface area contributed by atoms with Gasteiger partial charge in [-0.1, -0.05) is 36.4 Å². The second-order valence-corrected chi connectivity index (χ2v) is 7.13. The number of carbonyl (C=O) groups excluding carboxylic acids is 1. The lowest BCUT2D eigenvalue weighted by Gasteiger charge is -2.11. The van der Waals surface area contributed by atoms with Gasteiger partial charge in [-0.25, -0.2) is 13.1 Å². The van der Waals surface area contributed by atoms with Crippen molar-refractivity contribution in [2.45, 2.75) is 11.3 Å². The molecule has 0 unspecified atom stereocenters. The molecule has 132 valence electrons. The summed E-state index contributed by atoms with van der Waals surface area (Å²) in [6, 6.07) is 17.2. The van der Waals surface area contributed by atoms with Gasteiger partial charge >= 0.3 is 0 Å². The number of anilines is 1. The van der Waals surface area contributed by atoms with Crippen LogP contribution in [0.3, 0.4) is 0 Å². The minimum atomic E-state index is -3.62. The first kappa shape index (κ1) is 18.8. The fourth-order valence-corrected chi connectivity index (χ4v) is 3.08. The largest absolute Gasteiger partial charge is 0.331 e. The first-order chi connectivity index (χ1) is 12.0. The van der Waals surface area contributed by atoms with Gasteiger partial charge in [-0.2, -0.15) is 0 Å². The standard InChI is InChI=1S/C16H18N4O3S2/c21-15(19-20-16(24)18-13-7-3-1-4-8-13)11-12-17-25(22,23)14-9-5-2-6-10-14/h1-10,17H,11-12H2,(H,19,21)(H2,18,20,24). The van der Waals surface area contributed by atoms with Crippen molar-refractivity contribution in [1.29, 1.82) is 0 Å². The molecule has 0 aliphatic heterocycles. The van der Waals surface area contributed by atoms with Crippen LogP contribution >= 0.6 is 12.2 Å². The number of benzene rings is 2. The summed E-state index contributed by atoms with van der Waals surface area (Å²) in [5, 5.41) is 3.12. The Hall–Kier alpha value is -2.49. The molecule has 0 aliphatic rings. The lowest BCUT2D eigenvalue weighted by molar-refractivity contribution is -0.121. The highest BCUT2D eigenvalue weighted by molar-refractivity contribution is 7.89. The van der Waals surface area contributed by atoms with Gasteiger partial charge in [0.25, 0.3) is 0 Å². The molecule has 0 aromatic heterocycles. The van der Waals surface area contributed by atoms with Crippen molar-refractivity contribution in [2.24, 2.45) is 0 Å². The van der Waals surface area contributed by atoms with E-state index in [0.717, 1.165) is 5.69 Å². The zero-order chi connectivity index (χ0) is 18.1. The molecule has 0 saturated heterocycles. The molecule has 9 heteroatoms. The summed E-state index contributed by atoms with van der Waals surface area (Å²) >= 11 is 5.04. The molecule has 0 spiro atoms. The van der Waals surface area contributed by atoms with E-state index in [4.69, 9.17) is 12.2 Å². The summed E-state index contributed by atoms with van der Waals surface area (Å²) in [6.45, 7) is -0.0242. The quantitative estimate of drug-likeness (QED) is 0.448. The lowest BCUT2D eigenvalue weighted by atomic mass is 10.3. The third kappa shape index (κ3) is 6.49. The smallest absolute Gasteiger partial charge is 0.240 e. The number of nitrogens with one attached hydrogen (secondary N) is 4. The van der Waals surface area contributed by atoms with Crippen molar-refractivity contribution >= 4 is 38.9 Å². The van der Waals surface area contributed by atoms with Crippen LogP contribution in [0.5, 0.6) is 0 Å². The molecule has 4 N–H and O–H groups in total. The molecule has 0 fully saturated rings. The van der Waals surface area contributed by atoms with Crippen LogP contribution in [0.2, 0.25) is 0 Å². The molecule has 0 radical (unpaired) electrons.